The molecule has 1 fully saturated rings. The Labute approximate surface area is 201 Å². The Morgan fingerprint density at radius 1 is 1.09 bits per heavy atom. The molecule has 0 bridgehead atoms. The van der Waals surface area contributed by atoms with Crippen LogP contribution < -0.4 is 21.1 Å². The van der Waals surface area contributed by atoms with Crippen LogP contribution in [0.3, 0.4) is 0 Å². The van der Waals surface area contributed by atoms with Gasteiger partial charge in [0.15, 0.2) is 6.23 Å². The Morgan fingerprint density at radius 3 is 2.53 bits per heavy atom. The molecule has 9 nitrogen and oxygen atoms in total. The number of rotatable bonds is 6. The van der Waals surface area contributed by atoms with E-state index in [0.717, 1.165) is 5.69 Å². The lowest BCUT2D eigenvalue weighted by Crippen LogP contribution is -2.36. The number of primary sulfonamides is 1. The second kappa shape index (κ2) is 9.75. The van der Waals surface area contributed by atoms with Crippen LogP contribution in [0.25, 0.3) is 11.1 Å². The van der Waals surface area contributed by atoms with E-state index >= 15 is 0 Å². The summed E-state index contributed by atoms with van der Waals surface area (Å²) in [5.74, 6) is 1.21. The van der Waals surface area contributed by atoms with E-state index in [1.54, 1.807) is 66.4 Å². The summed E-state index contributed by atoms with van der Waals surface area (Å²) in [6, 6.07) is 20.4. The zero-order chi connectivity index (χ0) is 24.3. The lowest BCUT2D eigenvalue weighted by atomic mass is 10.1. The third kappa shape index (κ3) is 5.33. The average Bonchev–Trinajstić information content (AvgIpc) is 3.27. The molecule has 1 unspecified atom stereocenters. The molecule has 0 saturated carbocycles. The molecule has 3 aromatic carbocycles. The number of anilines is 2. The Kier molecular flexibility index (Phi) is 6.77. The zero-order valence-electron chi connectivity index (χ0n) is 18.0. The number of amides is 1. The largest absolute Gasteiger partial charge is 0.424 e. The predicted molar refractivity (Wildman–Crippen MR) is 134 cm³/mol. The fraction of sp³-hybridized carbons (Fsp3) is 0.130. The fourth-order valence-corrected chi connectivity index (χ4v) is 5.40. The molecule has 1 amide bonds. The molecule has 4 rings (SSSR count). The molecule has 11 heteroatoms. The Hall–Kier alpha value is -3.54. The van der Waals surface area contributed by atoms with Crippen LogP contribution in [0.1, 0.15) is 5.56 Å². The molecule has 176 valence electrons. The number of thioether (sulfide) groups is 1. The highest BCUT2D eigenvalue weighted by Gasteiger charge is 2.29. The molecule has 1 heterocycles. The number of benzene rings is 3. The summed E-state index contributed by atoms with van der Waals surface area (Å²) in [5.41, 5.74) is 8.62. The number of nitrogen functional groups attached to an aromatic ring is 1. The van der Waals surface area contributed by atoms with Gasteiger partial charge in [0, 0.05) is 22.5 Å². The first-order chi connectivity index (χ1) is 16.2. The number of amidine groups is 1. The number of hydrogen-bond donors (Lipinski definition) is 4. The third-order valence-corrected chi connectivity index (χ3v) is 7.16. The lowest BCUT2D eigenvalue weighted by molar-refractivity contribution is 0.125. The number of ether oxygens (including phenoxy) is 1. The van der Waals surface area contributed by atoms with Crippen LogP contribution >= 0.6 is 11.8 Å². The SMILES string of the molecule is N=C(N)c1cccc(N2CSCC2OC(=O)Nc2ccc(-c3ccccc3S(N)(=O)=O)cc2)c1. The minimum absolute atomic E-state index is 0.0287. The normalized spacial score (nSPS) is 15.7. The lowest BCUT2D eigenvalue weighted by Gasteiger charge is -2.26. The molecule has 0 radical (unpaired) electrons. The number of hydrogen-bond acceptors (Lipinski definition) is 7. The van der Waals surface area contributed by atoms with Gasteiger partial charge in [0.25, 0.3) is 0 Å². The van der Waals surface area contributed by atoms with Gasteiger partial charge in [-0.2, -0.15) is 0 Å². The summed E-state index contributed by atoms with van der Waals surface area (Å²) >= 11 is 1.63. The van der Waals surface area contributed by atoms with Gasteiger partial charge >= 0.3 is 6.09 Å². The van der Waals surface area contributed by atoms with Crippen molar-refractivity contribution in [2.24, 2.45) is 10.9 Å². The van der Waals surface area contributed by atoms with Crippen molar-refractivity contribution in [1.82, 2.24) is 0 Å². The third-order valence-electron chi connectivity index (χ3n) is 5.21. The highest BCUT2D eigenvalue weighted by molar-refractivity contribution is 7.99. The van der Waals surface area contributed by atoms with E-state index in [1.165, 1.54) is 6.07 Å². The molecule has 0 aliphatic carbocycles. The van der Waals surface area contributed by atoms with Crippen LogP contribution in [0.15, 0.2) is 77.7 Å². The number of nitrogens with two attached hydrogens (primary N) is 2. The van der Waals surface area contributed by atoms with Crippen molar-refractivity contribution in [2.75, 3.05) is 21.8 Å². The molecular formula is C23H23N5O4S2. The van der Waals surface area contributed by atoms with Gasteiger partial charge in [-0.05, 0) is 35.9 Å². The number of nitrogens with zero attached hydrogens (tertiary/aromatic N) is 1. The molecule has 1 aliphatic rings. The maximum Gasteiger partial charge on any atom is 0.413 e. The summed E-state index contributed by atoms with van der Waals surface area (Å²) in [5, 5.41) is 15.6. The van der Waals surface area contributed by atoms with Crippen molar-refractivity contribution >= 4 is 45.1 Å². The van der Waals surface area contributed by atoms with Gasteiger partial charge in [-0.3, -0.25) is 10.7 Å². The maximum absolute atomic E-state index is 12.5. The topological polar surface area (TPSA) is 152 Å². The van der Waals surface area contributed by atoms with Crippen molar-refractivity contribution in [3.05, 3.63) is 78.4 Å². The number of carbonyl (C=O) groups is 1. The van der Waals surface area contributed by atoms with Crippen molar-refractivity contribution < 1.29 is 17.9 Å². The van der Waals surface area contributed by atoms with Gasteiger partial charge in [0.1, 0.15) is 5.84 Å². The first-order valence-corrected chi connectivity index (χ1v) is 12.9. The van der Waals surface area contributed by atoms with E-state index in [0.29, 0.717) is 34.0 Å². The van der Waals surface area contributed by atoms with Gasteiger partial charge in [0.2, 0.25) is 10.0 Å². The van der Waals surface area contributed by atoms with Crippen LogP contribution in [0, 0.1) is 5.41 Å². The van der Waals surface area contributed by atoms with Gasteiger partial charge < -0.3 is 15.4 Å². The van der Waals surface area contributed by atoms with Crippen LogP contribution in [-0.2, 0) is 14.8 Å². The maximum atomic E-state index is 12.5. The van der Waals surface area contributed by atoms with E-state index in [1.807, 2.05) is 17.0 Å². The van der Waals surface area contributed by atoms with Crippen molar-refractivity contribution in [1.29, 1.82) is 5.41 Å². The van der Waals surface area contributed by atoms with Crippen LogP contribution in [0.2, 0.25) is 0 Å². The summed E-state index contributed by atoms with van der Waals surface area (Å²) in [6.07, 6.45) is -1.09. The van der Waals surface area contributed by atoms with E-state index < -0.39 is 22.3 Å². The van der Waals surface area contributed by atoms with E-state index in [2.05, 4.69) is 5.32 Å². The van der Waals surface area contributed by atoms with Crippen molar-refractivity contribution in [3.8, 4) is 11.1 Å². The standard InChI is InChI=1S/C23H23N5O4S2/c24-22(25)16-4-3-5-18(12-16)28-14-33-13-21(28)32-23(29)27-17-10-8-15(9-11-17)19-6-1-2-7-20(19)34(26,30)31/h1-12,21H,13-14H2,(H3,24,25)(H,27,29)(H2,26,30,31). The van der Waals surface area contributed by atoms with E-state index in [-0.39, 0.29) is 10.7 Å². The first-order valence-electron chi connectivity index (χ1n) is 10.2. The van der Waals surface area contributed by atoms with Crippen molar-refractivity contribution in [2.45, 2.75) is 11.1 Å². The number of carbonyl (C=O) groups excluding carboxylic acids is 1. The highest BCUT2D eigenvalue weighted by atomic mass is 32.2. The van der Waals surface area contributed by atoms with Crippen LogP contribution in [0.5, 0.6) is 0 Å². The second-order valence-electron chi connectivity index (χ2n) is 7.54. The minimum atomic E-state index is -3.87. The monoisotopic (exact) mass is 497 g/mol. The van der Waals surface area contributed by atoms with Crippen LogP contribution in [0.4, 0.5) is 16.2 Å². The first kappa shape index (κ1) is 23.6. The number of sulfonamides is 1. The molecule has 3 aromatic rings. The Balaban J connectivity index is 1.44. The molecule has 1 saturated heterocycles. The summed E-state index contributed by atoms with van der Waals surface area (Å²) < 4.78 is 29.4. The molecular weight excluding hydrogens is 474 g/mol. The van der Waals surface area contributed by atoms with Gasteiger partial charge in [-0.1, -0.05) is 42.5 Å². The van der Waals surface area contributed by atoms with E-state index in [9.17, 15) is 13.2 Å². The fourth-order valence-electron chi connectivity index (χ4n) is 3.57. The quantitative estimate of drug-likeness (QED) is 0.301. The number of nitrogens with one attached hydrogen (secondary N) is 2. The Bertz CT molecular complexity index is 1330. The smallest absolute Gasteiger partial charge is 0.413 e. The average molecular weight is 498 g/mol. The summed E-state index contributed by atoms with van der Waals surface area (Å²) in [6.45, 7) is 0. The van der Waals surface area contributed by atoms with Gasteiger partial charge in [-0.25, -0.2) is 18.4 Å². The molecule has 0 aromatic heterocycles. The molecule has 6 N–H and O–H groups in total. The van der Waals surface area contributed by atoms with Crippen LogP contribution in [-0.4, -0.2) is 38.2 Å². The van der Waals surface area contributed by atoms with Gasteiger partial charge in [-0.15, -0.1) is 11.8 Å². The second-order valence-corrected chi connectivity index (χ2v) is 10.1. The predicted octanol–water partition coefficient (Wildman–Crippen LogP) is 3.37. The molecule has 1 atom stereocenters. The summed E-state index contributed by atoms with van der Waals surface area (Å²) in [4.78, 5) is 14.5. The zero-order valence-corrected chi connectivity index (χ0v) is 19.6. The highest BCUT2D eigenvalue weighted by Crippen LogP contribution is 2.30. The molecule has 0 spiro atoms. The molecule has 34 heavy (non-hydrogen) atoms. The Morgan fingerprint density at radius 2 is 1.82 bits per heavy atom. The summed E-state index contributed by atoms with van der Waals surface area (Å²) in [7, 11) is -3.87. The van der Waals surface area contributed by atoms with Crippen molar-refractivity contribution in [3.63, 3.8) is 0 Å². The minimum Gasteiger partial charge on any atom is -0.424 e. The molecule has 1 aliphatic heterocycles. The van der Waals surface area contributed by atoms with E-state index in [4.69, 9.17) is 21.0 Å². The van der Waals surface area contributed by atoms with Gasteiger partial charge in [0.05, 0.1) is 16.5 Å².